The Bertz CT molecular complexity index is 604. The van der Waals surface area contributed by atoms with Crippen LogP contribution < -0.4 is 5.32 Å². The van der Waals surface area contributed by atoms with Crippen LogP contribution in [0, 0.1) is 18.6 Å². The van der Waals surface area contributed by atoms with Crippen molar-refractivity contribution in [1.82, 2.24) is 0 Å². The first kappa shape index (κ1) is 15.4. The summed E-state index contributed by atoms with van der Waals surface area (Å²) in [6, 6.07) is 10.8. The zero-order valence-electron chi connectivity index (χ0n) is 12.2. The molecule has 4 heteroatoms. The summed E-state index contributed by atoms with van der Waals surface area (Å²) >= 11 is 0. The first-order chi connectivity index (χ1) is 10.0. The van der Waals surface area contributed by atoms with E-state index < -0.39 is 11.4 Å². The van der Waals surface area contributed by atoms with Crippen LogP contribution in [0.2, 0.25) is 0 Å². The summed E-state index contributed by atoms with van der Waals surface area (Å²) < 4.78 is 27.6. The normalized spacial score (nSPS) is 13.8. The molecule has 0 saturated carbocycles. The Labute approximate surface area is 123 Å². The van der Waals surface area contributed by atoms with Gasteiger partial charge in [-0.15, -0.1) is 0 Å². The van der Waals surface area contributed by atoms with Crippen LogP contribution in [0.4, 0.5) is 14.5 Å². The molecule has 0 aromatic heterocycles. The first-order valence-electron chi connectivity index (χ1n) is 6.92. The van der Waals surface area contributed by atoms with Gasteiger partial charge in [0.05, 0.1) is 12.1 Å². The molecule has 0 heterocycles. The van der Waals surface area contributed by atoms with E-state index in [0.29, 0.717) is 17.7 Å². The van der Waals surface area contributed by atoms with Crippen molar-refractivity contribution in [2.75, 3.05) is 11.9 Å². The number of aliphatic hydroxyl groups excluding tert-OH is 1. The molecule has 0 fully saturated rings. The molecule has 2 rings (SSSR count). The lowest BCUT2D eigenvalue weighted by Gasteiger charge is -2.34. The number of hydrogen-bond acceptors (Lipinski definition) is 2. The van der Waals surface area contributed by atoms with Crippen molar-refractivity contribution in [3.8, 4) is 0 Å². The van der Waals surface area contributed by atoms with Crippen molar-refractivity contribution in [3.05, 3.63) is 65.2 Å². The molecule has 0 spiro atoms. The molecule has 1 unspecified atom stereocenters. The molecule has 0 amide bonds. The fourth-order valence-electron chi connectivity index (χ4n) is 2.52. The number of rotatable bonds is 5. The Kier molecular flexibility index (Phi) is 4.58. The topological polar surface area (TPSA) is 32.3 Å². The highest BCUT2D eigenvalue weighted by Gasteiger charge is 2.32. The molecule has 2 aromatic rings. The van der Waals surface area contributed by atoms with Gasteiger partial charge < -0.3 is 10.4 Å². The fraction of sp³-hybridized carbons (Fsp3) is 0.294. The second kappa shape index (κ2) is 6.22. The summed E-state index contributed by atoms with van der Waals surface area (Å²) in [6.45, 7) is 3.34. The third kappa shape index (κ3) is 3.22. The van der Waals surface area contributed by atoms with Crippen LogP contribution >= 0.6 is 0 Å². The molecule has 0 bridgehead atoms. The van der Waals surface area contributed by atoms with Crippen molar-refractivity contribution < 1.29 is 13.9 Å². The molecular formula is C17H19F2NO. The second-order valence-corrected chi connectivity index (χ2v) is 5.22. The number of aryl methyl sites for hydroxylation is 1. The Morgan fingerprint density at radius 3 is 2.43 bits per heavy atom. The van der Waals surface area contributed by atoms with Gasteiger partial charge in [0.2, 0.25) is 0 Å². The van der Waals surface area contributed by atoms with Gasteiger partial charge in [0.25, 0.3) is 0 Å². The van der Waals surface area contributed by atoms with Gasteiger partial charge in [0.1, 0.15) is 11.6 Å². The van der Waals surface area contributed by atoms with Gasteiger partial charge in [-0.05, 0) is 43.2 Å². The largest absolute Gasteiger partial charge is 0.394 e. The Hall–Kier alpha value is -1.94. The molecule has 1 atom stereocenters. The quantitative estimate of drug-likeness (QED) is 0.873. The minimum atomic E-state index is -0.981. The van der Waals surface area contributed by atoms with Crippen LogP contribution in [0.15, 0.2) is 42.5 Å². The minimum absolute atomic E-state index is 0.292. The highest BCUT2D eigenvalue weighted by Crippen LogP contribution is 2.31. The van der Waals surface area contributed by atoms with E-state index in [1.54, 1.807) is 31.2 Å². The first-order valence-corrected chi connectivity index (χ1v) is 6.92. The molecule has 2 nitrogen and oxygen atoms in total. The summed E-state index contributed by atoms with van der Waals surface area (Å²) in [6.07, 6.45) is 0.458. The molecular weight excluding hydrogens is 272 g/mol. The fourth-order valence-corrected chi connectivity index (χ4v) is 2.52. The van der Waals surface area contributed by atoms with E-state index in [1.165, 1.54) is 18.2 Å². The standard InChI is InChI=1S/C17H19F2NO/c1-3-17(11-21,15-6-4-5-7-16(15)19)20-14-9-12(2)8-13(18)10-14/h4-10,20-21H,3,11H2,1-2H3. The van der Waals surface area contributed by atoms with Gasteiger partial charge in [-0.2, -0.15) is 0 Å². The van der Waals surface area contributed by atoms with E-state index in [0.717, 1.165) is 5.56 Å². The van der Waals surface area contributed by atoms with Gasteiger partial charge in [-0.1, -0.05) is 25.1 Å². The third-order valence-corrected chi connectivity index (χ3v) is 3.69. The lowest BCUT2D eigenvalue weighted by atomic mass is 9.87. The predicted molar refractivity (Wildman–Crippen MR) is 80.2 cm³/mol. The van der Waals surface area contributed by atoms with E-state index in [4.69, 9.17) is 0 Å². The van der Waals surface area contributed by atoms with E-state index >= 15 is 0 Å². The average molecular weight is 291 g/mol. The predicted octanol–water partition coefficient (Wildman–Crippen LogP) is 3.98. The van der Waals surface area contributed by atoms with Crippen LogP contribution in [0.1, 0.15) is 24.5 Å². The summed E-state index contributed by atoms with van der Waals surface area (Å²) in [7, 11) is 0. The zero-order valence-corrected chi connectivity index (χ0v) is 12.2. The smallest absolute Gasteiger partial charge is 0.128 e. The number of anilines is 1. The van der Waals surface area contributed by atoms with Gasteiger partial charge >= 0.3 is 0 Å². The summed E-state index contributed by atoms with van der Waals surface area (Å²) in [5.74, 6) is -0.761. The molecule has 0 aliphatic rings. The van der Waals surface area contributed by atoms with E-state index in [-0.39, 0.29) is 12.4 Å². The Morgan fingerprint density at radius 1 is 1.14 bits per heavy atom. The van der Waals surface area contributed by atoms with Gasteiger partial charge in [-0.25, -0.2) is 8.78 Å². The molecule has 2 aromatic carbocycles. The second-order valence-electron chi connectivity index (χ2n) is 5.22. The molecule has 112 valence electrons. The Balaban J connectivity index is 2.45. The van der Waals surface area contributed by atoms with Crippen LogP contribution in [0.5, 0.6) is 0 Å². The lowest BCUT2D eigenvalue weighted by molar-refractivity contribution is 0.204. The Morgan fingerprint density at radius 2 is 1.86 bits per heavy atom. The molecule has 0 saturated heterocycles. The van der Waals surface area contributed by atoms with Crippen molar-refractivity contribution >= 4 is 5.69 Å². The van der Waals surface area contributed by atoms with Crippen LogP contribution in [-0.4, -0.2) is 11.7 Å². The number of hydrogen-bond donors (Lipinski definition) is 2. The average Bonchev–Trinajstić information content (AvgIpc) is 2.44. The maximum atomic E-state index is 14.1. The number of nitrogens with one attached hydrogen (secondary N) is 1. The third-order valence-electron chi connectivity index (χ3n) is 3.69. The number of halogens is 2. The maximum Gasteiger partial charge on any atom is 0.128 e. The molecule has 0 aliphatic carbocycles. The van der Waals surface area contributed by atoms with Crippen LogP contribution in [0.25, 0.3) is 0 Å². The molecule has 0 radical (unpaired) electrons. The van der Waals surface area contributed by atoms with E-state index in [1.807, 2.05) is 6.92 Å². The summed E-state index contributed by atoms with van der Waals surface area (Å²) in [5, 5.41) is 12.9. The summed E-state index contributed by atoms with van der Waals surface area (Å²) in [4.78, 5) is 0. The highest BCUT2D eigenvalue weighted by molar-refractivity contribution is 5.50. The van der Waals surface area contributed by atoms with Gasteiger partial charge in [0.15, 0.2) is 0 Å². The number of benzene rings is 2. The molecule has 2 N–H and O–H groups in total. The van der Waals surface area contributed by atoms with Gasteiger partial charge in [-0.3, -0.25) is 0 Å². The van der Waals surface area contributed by atoms with Crippen LogP contribution in [0.3, 0.4) is 0 Å². The molecule has 0 aliphatic heterocycles. The van der Waals surface area contributed by atoms with E-state index in [9.17, 15) is 13.9 Å². The van der Waals surface area contributed by atoms with Crippen LogP contribution in [-0.2, 0) is 5.54 Å². The SMILES string of the molecule is CCC(CO)(Nc1cc(C)cc(F)c1)c1ccccc1F. The monoisotopic (exact) mass is 291 g/mol. The summed E-state index contributed by atoms with van der Waals surface area (Å²) in [5.41, 5.74) is 0.670. The minimum Gasteiger partial charge on any atom is -0.394 e. The maximum absolute atomic E-state index is 14.1. The van der Waals surface area contributed by atoms with Crippen molar-refractivity contribution in [1.29, 1.82) is 0 Å². The highest BCUT2D eigenvalue weighted by atomic mass is 19.1. The lowest BCUT2D eigenvalue weighted by Crippen LogP contribution is -2.39. The zero-order chi connectivity index (χ0) is 15.5. The van der Waals surface area contributed by atoms with Crippen molar-refractivity contribution in [2.45, 2.75) is 25.8 Å². The van der Waals surface area contributed by atoms with Gasteiger partial charge in [0, 0.05) is 11.3 Å². The van der Waals surface area contributed by atoms with Crippen molar-refractivity contribution in [2.24, 2.45) is 0 Å². The number of aliphatic hydroxyl groups is 1. The van der Waals surface area contributed by atoms with Crippen molar-refractivity contribution in [3.63, 3.8) is 0 Å². The molecule has 21 heavy (non-hydrogen) atoms. The van der Waals surface area contributed by atoms with E-state index in [2.05, 4.69) is 5.32 Å².